The fraction of sp³-hybridized carbons (Fsp3) is 0.727. The highest BCUT2D eigenvalue weighted by Crippen LogP contribution is 2.20. The zero-order valence-electron chi connectivity index (χ0n) is 10.8. The summed E-state index contributed by atoms with van der Waals surface area (Å²) in [6.07, 6.45) is 0.345. The third-order valence-electron chi connectivity index (χ3n) is 2.24. The van der Waals surface area contributed by atoms with Gasteiger partial charge >= 0.3 is 6.03 Å². The van der Waals surface area contributed by atoms with E-state index in [2.05, 4.69) is 10.6 Å². The van der Waals surface area contributed by atoms with Crippen LogP contribution in [0.4, 0.5) is 4.79 Å². The Bertz CT molecular complexity index is 308. The number of Topliss-reactive ketones (excluding diaryl/α,β-unsaturated/α-hetero) is 1. The van der Waals surface area contributed by atoms with Gasteiger partial charge in [-0.05, 0) is 5.41 Å². The van der Waals surface area contributed by atoms with Crippen molar-refractivity contribution in [1.82, 2.24) is 10.6 Å². The quantitative estimate of drug-likeness (QED) is 0.641. The van der Waals surface area contributed by atoms with Crippen molar-refractivity contribution in [2.24, 2.45) is 11.1 Å². The lowest BCUT2D eigenvalue weighted by atomic mass is 9.83. The average molecular weight is 243 g/mol. The monoisotopic (exact) mass is 243 g/mol. The molecule has 98 valence electrons. The van der Waals surface area contributed by atoms with E-state index >= 15 is 0 Å². The molecule has 0 spiro atoms. The smallest absolute Gasteiger partial charge is 0.315 e. The molecule has 4 N–H and O–H groups in total. The molecule has 0 rings (SSSR count). The summed E-state index contributed by atoms with van der Waals surface area (Å²) in [5.41, 5.74) is 4.52. The Kier molecular flexibility index (Phi) is 5.64. The summed E-state index contributed by atoms with van der Waals surface area (Å²) in [5.74, 6) is -0.680. The number of urea groups is 1. The average Bonchev–Trinajstić information content (AvgIpc) is 2.20. The highest BCUT2D eigenvalue weighted by molar-refractivity contribution is 5.90. The van der Waals surface area contributed by atoms with Crippen LogP contribution >= 0.6 is 0 Å². The Hall–Kier alpha value is -1.59. The number of carbonyl (C=O) groups excluding carboxylic acids is 3. The number of ketones is 1. The maximum absolute atomic E-state index is 11.7. The summed E-state index contributed by atoms with van der Waals surface area (Å²) in [6, 6.07) is -1.15. The Morgan fingerprint density at radius 1 is 1.24 bits per heavy atom. The topological polar surface area (TPSA) is 101 Å². The summed E-state index contributed by atoms with van der Waals surface area (Å²) in [4.78, 5) is 33.6. The van der Waals surface area contributed by atoms with E-state index in [4.69, 9.17) is 5.73 Å². The van der Waals surface area contributed by atoms with Crippen molar-refractivity contribution < 1.29 is 14.4 Å². The van der Waals surface area contributed by atoms with Gasteiger partial charge in [-0.15, -0.1) is 0 Å². The van der Waals surface area contributed by atoms with Gasteiger partial charge in [0.2, 0.25) is 5.91 Å². The molecule has 0 fully saturated rings. The van der Waals surface area contributed by atoms with E-state index in [0.29, 0.717) is 6.42 Å². The number of amides is 3. The first-order chi connectivity index (χ1) is 7.68. The van der Waals surface area contributed by atoms with Gasteiger partial charge in [-0.3, -0.25) is 9.59 Å². The second kappa shape index (κ2) is 6.22. The van der Waals surface area contributed by atoms with Crippen molar-refractivity contribution in [1.29, 1.82) is 0 Å². The van der Waals surface area contributed by atoms with E-state index in [1.54, 1.807) is 6.92 Å². The number of rotatable bonds is 5. The predicted octanol–water partition coefficient (Wildman–Crippen LogP) is 0.165. The third kappa shape index (κ3) is 5.89. The highest BCUT2D eigenvalue weighted by atomic mass is 16.2. The first-order valence-corrected chi connectivity index (χ1v) is 5.53. The second-order valence-electron chi connectivity index (χ2n) is 4.91. The van der Waals surface area contributed by atoms with Crippen LogP contribution in [0.1, 0.15) is 34.1 Å². The van der Waals surface area contributed by atoms with Crippen LogP contribution in [-0.4, -0.2) is 30.3 Å². The summed E-state index contributed by atoms with van der Waals surface area (Å²) in [7, 11) is 0. The molecule has 17 heavy (non-hydrogen) atoms. The van der Waals surface area contributed by atoms with Gasteiger partial charge < -0.3 is 16.4 Å². The van der Waals surface area contributed by atoms with Gasteiger partial charge in [-0.25, -0.2) is 4.79 Å². The zero-order valence-corrected chi connectivity index (χ0v) is 10.8. The lowest BCUT2D eigenvalue weighted by Gasteiger charge is -2.30. The molecular weight excluding hydrogens is 222 g/mol. The van der Waals surface area contributed by atoms with Crippen LogP contribution < -0.4 is 16.4 Å². The fourth-order valence-corrected chi connectivity index (χ4v) is 1.33. The molecule has 0 saturated carbocycles. The Labute approximate surface area is 101 Å². The summed E-state index contributed by atoms with van der Waals surface area (Å²) >= 11 is 0. The minimum Gasteiger partial charge on any atom is -0.368 e. The fourth-order valence-electron chi connectivity index (χ4n) is 1.33. The Morgan fingerprint density at radius 3 is 2.12 bits per heavy atom. The lowest BCUT2D eigenvalue weighted by Crippen LogP contribution is -2.53. The number of nitrogens with one attached hydrogen (secondary N) is 2. The molecule has 3 amide bonds. The first-order valence-electron chi connectivity index (χ1n) is 5.53. The summed E-state index contributed by atoms with van der Waals surface area (Å²) < 4.78 is 0. The highest BCUT2D eigenvalue weighted by Gasteiger charge is 2.31. The van der Waals surface area contributed by atoms with Crippen LogP contribution in [0, 0.1) is 5.41 Å². The van der Waals surface area contributed by atoms with Crippen LogP contribution in [0.15, 0.2) is 0 Å². The van der Waals surface area contributed by atoms with Crippen molar-refractivity contribution >= 4 is 17.7 Å². The normalized spacial score (nSPS) is 12.7. The molecule has 0 aromatic rings. The first kappa shape index (κ1) is 15.4. The molecule has 1 atom stereocenters. The van der Waals surface area contributed by atoms with Crippen LogP contribution in [0.3, 0.4) is 0 Å². The minimum atomic E-state index is -0.630. The Morgan fingerprint density at radius 2 is 1.76 bits per heavy atom. The van der Waals surface area contributed by atoms with Crippen molar-refractivity contribution in [3.8, 4) is 0 Å². The third-order valence-corrected chi connectivity index (χ3v) is 2.24. The largest absolute Gasteiger partial charge is 0.368 e. The predicted molar refractivity (Wildman–Crippen MR) is 64.3 cm³/mol. The summed E-state index contributed by atoms with van der Waals surface area (Å²) in [5, 5.41) is 4.84. The van der Waals surface area contributed by atoms with E-state index in [-0.39, 0.29) is 17.7 Å². The van der Waals surface area contributed by atoms with Crippen molar-refractivity contribution in [2.75, 3.05) is 6.54 Å². The summed E-state index contributed by atoms with van der Waals surface area (Å²) in [6.45, 7) is 7.08. The van der Waals surface area contributed by atoms with E-state index in [9.17, 15) is 14.4 Å². The number of carbonyl (C=O) groups is 3. The van der Waals surface area contributed by atoms with Gasteiger partial charge in [0, 0.05) is 6.42 Å². The molecule has 0 aliphatic heterocycles. The van der Waals surface area contributed by atoms with Gasteiger partial charge in [-0.1, -0.05) is 27.7 Å². The van der Waals surface area contributed by atoms with E-state index in [0.717, 1.165) is 0 Å². The maximum Gasteiger partial charge on any atom is 0.315 e. The van der Waals surface area contributed by atoms with Crippen LogP contribution in [0.2, 0.25) is 0 Å². The minimum absolute atomic E-state index is 0.0493. The van der Waals surface area contributed by atoms with Crippen LogP contribution in [-0.2, 0) is 9.59 Å². The number of hydrogen-bond donors (Lipinski definition) is 3. The molecule has 0 aromatic heterocycles. The molecule has 0 saturated heterocycles. The standard InChI is InChI=1S/C11H21N3O3/c1-5-7(15)9(11(2,3)4)14-10(17)13-6-8(12)16/h9H,5-6H2,1-4H3,(H2,12,16)(H2,13,14,17). The van der Waals surface area contributed by atoms with Gasteiger partial charge in [0.1, 0.15) is 0 Å². The van der Waals surface area contributed by atoms with E-state index < -0.39 is 18.0 Å². The van der Waals surface area contributed by atoms with Gasteiger partial charge in [0.25, 0.3) is 0 Å². The molecule has 0 aliphatic rings. The van der Waals surface area contributed by atoms with Crippen LogP contribution in [0.25, 0.3) is 0 Å². The van der Waals surface area contributed by atoms with Gasteiger partial charge in [0.05, 0.1) is 12.6 Å². The van der Waals surface area contributed by atoms with Crippen molar-refractivity contribution in [3.63, 3.8) is 0 Å². The second-order valence-corrected chi connectivity index (χ2v) is 4.91. The molecule has 0 aliphatic carbocycles. The molecule has 6 nitrogen and oxygen atoms in total. The molecule has 0 heterocycles. The number of hydrogen-bond acceptors (Lipinski definition) is 3. The van der Waals surface area contributed by atoms with Crippen molar-refractivity contribution in [2.45, 2.75) is 40.2 Å². The molecule has 0 aromatic carbocycles. The van der Waals surface area contributed by atoms with Gasteiger partial charge in [0.15, 0.2) is 5.78 Å². The van der Waals surface area contributed by atoms with Crippen LogP contribution in [0.5, 0.6) is 0 Å². The number of nitrogens with two attached hydrogens (primary N) is 1. The van der Waals surface area contributed by atoms with Crippen molar-refractivity contribution in [3.05, 3.63) is 0 Å². The molecular formula is C11H21N3O3. The lowest BCUT2D eigenvalue weighted by molar-refractivity contribution is -0.122. The molecule has 0 radical (unpaired) electrons. The Balaban J connectivity index is 4.50. The van der Waals surface area contributed by atoms with E-state index in [1.165, 1.54) is 0 Å². The number of primary amides is 1. The molecule has 6 heteroatoms. The molecule has 0 bridgehead atoms. The zero-order chi connectivity index (χ0) is 13.6. The SMILES string of the molecule is CCC(=O)C(NC(=O)NCC(N)=O)C(C)(C)C. The molecule has 1 unspecified atom stereocenters. The maximum atomic E-state index is 11.7. The van der Waals surface area contributed by atoms with Gasteiger partial charge in [-0.2, -0.15) is 0 Å². The van der Waals surface area contributed by atoms with E-state index in [1.807, 2.05) is 20.8 Å².